The molecule has 0 saturated heterocycles. The quantitative estimate of drug-likeness (QED) is 0.729. The van der Waals surface area contributed by atoms with Crippen LogP contribution in [-0.2, 0) is 0 Å². The predicted octanol–water partition coefficient (Wildman–Crippen LogP) is 2.35. The lowest BCUT2D eigenvalue weighted by molar-refractivity contribution is 0.203. The SMILES string of the molecule is C[C@H](O)c1cc2cnccc2s1. The van der Waals surface area contributed by atoms with Gasteiger partial charge in [0.1, 0.15) is 0 Å². The molecule has 2 heterocycles. The third-order valence-corrected chi connectivity index (χ3v) is 3.03. The lowest BCUT2D eigenvalue weighted by Gasteiger charge is -1.95. The Kier molecular flexibility index (Phi) is 1.83. The van der Waals surface area contributed by atoms with Gasteiger partial charge in [0.15, 0.2) is 0 Å². The summed E-state index contributed by atoms with van der Waals surface area (Å²) < 4.78 is 1.18. The third kappa shape index (κ3) is 1.21. The molecule has 0 amide bonds. The summed E-state index contributed by atoms with van der Waals surface area (Å²) in [6.07, 6.45) is 3.21. The molecule has 0 spiro atoms. The summed E-state index contributed by atoms with van der Waals surface area (Å²) in [6, 6.07) is 3.95. The Hall–Kier alpha value is -0.930. The van der Waals surface area contributed by atoms with Gasteiger partial charge in [0.25, 0.3) is 0 Å². The molecule has 1 N–H and O–H groups in total. The van der Waals surface area contributed by atoms with Crippen LogP contribution in [0.1, 0.15) is 17.9 Å². The van der Waals surface area contributed by atoms with Crippen LogP contribution in [0.3, 0.4) is 0 Å². The van der Waals surface area contributed by atoms with Crippen molar-refractivity contribution >= 4 is 21.4 Å². The monoisotopic (exact) mass is 179 g/mol. The van der Waals surface area contributed by atoms with Gasteiger partial charge >= 0.3 is 0 Å². The normalized spacial score (nSPS) is 13.5. The first-order valence-corrected chi connectivity index (χ1v) is 4.60. The van der Waals surface area contributed by atoms with E-state index < -0.39 is 0 Å². The summed E-state index contributed by atoms with van der Waals surface area (Å²) in [6.45, 7) is 1.78. The van der Waals surface area contributed by atoms with E-state index in [1.807, 2.05) is 18.3 Å². The van der Waals surface area contributed by atoms with Gasteiger partial charge < -0.3 is 5.11 Å². The van der Waals surface area contributed by atoms with Crippen LogP contribution in [0.4, 0.5) is 0 Å². The van der Waals surface area contributed by atoms with Crippen molar-refractivity contribution in [3.63, 3.8) is 0 Å². The minimum atomic E-state index is -0.373. The van der Waals surface area contributed by atoms with Crippen LogP contribution in [0.25, 0.3) is 10.1 Å². The molecule has 0 aliphatic carbocycles. The lowest BCUT2D eigenvalue weighted by atomic mass is 10.3. The number of nitrogens with zero attached hydrogens (tertiary/aromatic N) is 1. The number of thiophene rings is 1. The highest BCUT2D eigenvalue weighted by Gasteiger charge is 2.05. The van der Waals surface area contributed by atoms with Crippen LogP contribution in [0.15, 0.2) is 24.5 Å². The van der Waals surface area contributed by atoms with Crippen molar-refractivity contribution in [2.75, 3.05) is 0 Å². The van der Waals surface area contributed by atoms with Crippen molar-refractivity contribution in [3.05, 3.63) is 29.4 Å². The van der Waals surface area contributed by atoms with Crippen molar-refractivity contribution < 1.29 is 5.11 Å². The second-order valence-corrected chi connectivity index (χ2v) is 3.85. The summed E-state index contributed by atoms with van der Waals surface area (Å²) in [7, 11) is 0. The molecule has 0 fully saturated rings. The van der Waals surface area contributed by atoms with E-state index >= 15 is 0 Å². The van der Waals surface area contributed by atoms with Gasteiger partial charge in [-0.1, -0.05) is 0 Å². The van der Waals surface area contributed by atoms with Crippen LogP contribution in [0, 0.1) is 0 Å². The van der Waals surface area contributed by atoms with Crippen LogP contribution in [0.5, 0.6) is 0 Å². The molecule has 2 nitrogen and oxygen atoms in total. The molecule has 0 radical (unpaired) electrons. The molecule has 0 aliphatic heterocycles. The molecule has 0 unspecified atom stereocenters. The van der Waals surface area contributed by atoms with Crippen molar-refractivity contribution in [3.8, 4) is 0 Å². The van der Waals surface area contributed by atoms with Gasteiger partial charge in [-0.2, -0.15) is 0 Å². The molecule has 12 heavy (non-hydrogen) atoms. The largest absolute Gasteiger partial charge is 0.388 e. The number of pyridine rings is 1. The first-order valence-electron chi connectivity index (χ1n) is 3.79. The van der Waals surface area contributed by atoms with Crippen LogP contribution in [0.2, 0.25) is 0 Å². The van der Waals surface area contributed by atoms with Crippen molar-refractivity contribution in [1.29, 1.82) is 0 Å². The fourth-order valence-electron chi connectivity index (χ4n) is 1.11. The molecule has 2 rings (SSSR count). The van der Waals surface area contributed by atoms with Crippen LogP contribution >= 0.6 is 11.3 Å². The highest BCUT2D eigenvalue weighted by Crippen LogP contribution is 2.28. The molecular weight excluding hydrogens is 170 g/mol. The molecule has 0 aliphatic rings. The number of aliphatic hydroxyl groups excluding tert-OH is 1. The summed E-state index contributed by atoms with van der Waals surface area (Å²) in [5.41, 5.74) is 0. The van der Waals surface area contributed by atoms with Gasteiger partial charge in [-0.25, -0.2) is 0 Å². The average molecular weight is 179 g/mol. The number of hydrogen-bond acceptors (Lipinski definition) is 3. The van der Waals surface area contributed by atoms with Gasteiger partial charge in [0.05, 0.1) is 6.10 Å². The molecule has 0 aromatic carbocycles. The van der Waals surface area contributed by atoms with E-state index in [1.165, 1.54) is 4.70 Å². The van der Waals surface area contributed by atoms with Gasteiger partial charge in [0, 0.05) is 27.4 Å². The summed E-state index contributed by atoms with van der Waals surface area (Å²) in [5, 5.41) is 10.4. The first kappa shape index (κ1) is 7.71. The van der Waals surface area contributed by atoms with E-state index in [1.54, 1.807) is 24.5 Å². The van der Waals surface area contributed by atoms with Crippen LogP contribution in [-0.4, -0.2) is 10.1 Å². The van der Waals surface area contributed by atoms with Gasteiger partial charge in [0.2, 0.25) is 0 Å². The third-order valence-electron chi connectivity index (χ3n) is 1.75. The molecule has 3 heteroatoms. The van der Waals surface area contributed by atoms with E-state index in [4.69, 9.17) is 0 Å². The lowest BCUT2D eigenvalue weighted by Crippen LogP contribution is -1.83. The Bertz CT molecular complexity index is 361. The fourth-order valence-corrected chi connectivity index (χ4v) is 2.08. The number of fused-ring (bicyclic) bond motifs is 1. The van der Waals surface area contributed by atoms with Crippen molar-refractivity contribution in [1.82, 2.24) is 4.98 Å². The van der Waals surface area contributed by atoms with Crippen LogP contribution < -0.4 is 0 Å². The van der Waals surface area contributed by atoms with Gasteiger partial charge in [-0.3, -0.25) is 4.98 Å². The Balaban J connectivity index is 2.62. The fraction of sp³-hybridized carbons (Fsp3) is 0.222. The molecule has 1 atom stereocenters. The molecule has 0 saturated carbocycles. The Morgan fingerprint density at radius 2 is 2.42 bits per heavy atom. The highest BCUT2D eigenvalue weighted by atomic mass is 32.1. The maximum atomic E-state index is 9.31. The Morgan fingerprint density at radius 3 is 3.08 bits per heavy atom. The zero-order chi connectivity index (χ0) is 8.55. The van der Waals surface area contributed by atoms with E-state index in [2.05, 4.69) is 4.98 Å². The van der Waals surface area contributed by atoms with E-state index in [-0.39, 0.29) is 6.10 Å². The Morgan fingerprint density at radius 1 is 1.58 bits per heavy atom. The maximum Gasteiger partial charge on any atom is 0.0854 e. The molecule has 2 aromatic rings. The average Bonchev–Trinajstić information content (AvgIpc) is 2.46. The maximum absolute atomic E-state index is 9.31. The summed E-state index contributed by atoms with van der Waals surface area (Å²) in [4.78, 5) is 5.01. The first-order chi connectivity index (χ1) is 5.77. The second-order valence-electron chi connectivity index (χ2n) is 2.74. The molecule has 2 aromatic heterocycles. The molecular formula is C9H9NOS. The summed E-state index contributed by atoms with van der Waals surface area (Å²) in [5.74, 6) is 0. The van der Waals surface area contributed by atoms with Gasteiger partial charge in [-0.15, -0.1) is 11.3 Å². The Labute approximate surface area is 74.5 Å². The van der Waals surface area contributed by atoms with E-state index in [9.17, 15) is 5.11 Å². The van der Waals surface area contributed by atoms with E-state index in [0.717, 1.165) is 10.3 Å². The van der Waals surface area contributed by atoms with Crippen molar-refractivity contribution in [2.24, 2.45) is 0 Å². The smallest absolute Gasteiger partial charge is 0.0854 e. The molecule has 62 valence electrons. The second kappa shape index (κ2) is 2.84. The summed E-state index contributed by atoms with van der Waals surface area (Å²) >= 11 is 1.62. The predicted molar refractivity (Wildman–Crippen MR) is 50.3 cm³/mol. The highest BCUT2D eigenvalue weighted by molar-refractivity contribution is 7.19. The number of rotatable bonds is 1. The number of aromatic nitrogens is 1. The minimum absolute atomic E-state index is 0.373. The standard InChI is InChI=1S/C9H9NOS/c1-6(11)9-4-7-5-10-3-2-8(7)12-9/h2-6,11H,1H3/t6-/m0/s1. The van der Waals surface area contributed by atoms with Crippen molar-refractivity contribution in [2.45, 2.75) is 13.0 Å². The number of aliphatic hydroxyl groups is 1. The zero-order valence-electron chi connectivity index (χ0n) is 6.69. The number of hydrogen-bond donors (Lipinski definition) is 1. The molecule has 0 bridgehead atoms. The van der Waals surface area contributed by atoms with Gasteiger partial charge in [-0.05, 0) is 19.1 Å². The van der Waals surface area contributed by atoms with E-state index in [0.29, 0.717) is 0 Å². The minimum Gasteiger partial charge on any atom is -0.388 e. The topological polar surface area (TPSA) is 33.1 Å². The zero-order valence-corrected chi connectivity index (χ0v) is 7.51.